The second-order valence-corrected chi connectivity index (χ2v) is 4.65. The van der Waals surface area contributed by atoms with Gasteiger partial charge in [0.25, 0.3) is 0 Å². The van der Waals surface area contributed by atoms with Crippen LogP contribution in [-0.2, 0) is 0 Å². The Kier molecular flexibility index (Phi) is 3.22. The molecular weight excluding hydrogens is 214 g/mol. The third-order valence-electron chi connectivity index (χ3n) is 3.52. The van der Waals surface area contributed by atoms with Crippen molar-refractivity contribution in [3.63, 3.8) is 0 Å². The molecule has 0 aliphatic carbocycles. The second kappa shape index (κ2) is 4.65. The number of benzene rings is 1. The van der Waals surface area contributed by atoms with Crippen molar-refractivity contribution in [2.45, 2.75) is 19.8 Å². The van der Waals surface area contributed by atoms with Crippen LogP contribution in [0.3, 0.4) is 0 Å². The molecule has 0 radical (unpaired) electrons. The lowest BCUT2D eigenvalue weighted by Gasteiger charge is -2.21. The normalized spacial score (nSPS) is 19.6. The Morgan fingerprint density at radius 3 is 2.88 bits per heavy atom. The van der Waals surface area contributed by atoms with Crippen LogP contribution in [0, 0.1) is 5.92 Å². The summed E-state index contributed by atoms with van der Waals surface area (Å²) in [6.45, 7) is 4.23. The summed E-state index contributed by atoms with van der Waals surface area (Å²) in [6, 6.07) is 5.24. The SMILES string of the molecule is CCC1CCN(c2cc(C(N)=O)ccc2N)C1. The maximum absolute atomic E-state index is 11.2. The smallest absolute Gasteiger partial charge is 0.248 e. The zero-order valence-corrected chi connectivity index (χ0v) is 10.1. The molecule has 4 heteroatoms. The summed E-state index contributed by atoms with van der Waals surface area (Å²) in [5.41, 5.74) is 13.4. The first-order chi connectivity index (χ1) is 8.11. The van der Waals surface area contributed by atoms with Gasteiger partial charge in [-0.3, -0.25) is 4.79 Å². The van der Waals surface area contributed by atoms with Crippen molar-refractivity contribution in [3.8, 4) is 0 Å². The molecule has 1 aliphatic rings. The van der Waals surface area contributed by atoms with Gasteiger partial charge in [-0.15, -0.1) is 0 Å². The highest BCUT2D eigenvalue weighted by Crippen LogP contribution is 2.30. The molecule has 1 atom stereocenters. The summed E-state index contributed by atoms with van der Waals surface area (Å²) in [6.07, 6.45) is 2.38. The molecule has 4 N–H and O–H groups in total. The van der Waals surface area contributed by atoms with Crippen molar-refractivity contribution < 1.29 is 4.79 Å². The third-order valence-corrected chi connectivity index (χ3v) is 3.52. The molecule has 1 unspecified atom stereocenters. The number of primary amides is 1. The third kappa shape index (κ3) is 2.35. The predicted octanol–water partition coefficient (Wildman–Crippen LogP) is 1.60. The molecule has 1 fully saturated rings. The number of rotatable bonds is 3. The Hall–Kier alpha value is -1.71. The number of hydrogen-bond acceptors (Lipinski definition) is 3. The lowest BCUT2D eigenvalue weighted by atomic mass is 10.1. The largest absolute Gasteiger partial charge is 0.397 e. The van der Waals surface area contributed by atoms with E-state index >= 15 is 0 Å². The fraction of sp³-hybridized carbons (Fsp3) is 0.462. The molecule has 2 rings (SSSR count). The van der Waals surface area contributed by atoms with Crippen LogP contribution in [0.5, 0.6) is 0 Å². The van der Waals surface area contributed by atoms with E-state index in [1.807, 2.05) is 0 Å². The fourth-order valence-corrected chi connectivity index (χ4v) is 2.36. The predicted molar refractivity (Wildman–Crippen MR) is 70.0 cm³/mol. The lowest BCUT2D eigenvalue weighted by Crippen LogP contribution is -2.21. The number of nitrogens with zero attached hydrogens (tertiary/aromatic N) is 1. The highest BCUT2D eigenvalue weighted by atomic mass is 16.1. The molecule has 0 bridgehead atoms. The van der Waals surface area contributed by atoms with E-state index < -0.39 is 5.91 Å². The molecule has 0 spiro atoms. The highest BCUT2D eigenvalue weighted by molar-refractivity contribution is 5.95. The molecule has 1 aromatic rings. The topological polar surface area (TPSA) is 72.3 Å². The van der Waals surface area contributed by atoms with Crippen molar-refractivity contribution in [2.75, 3.05) is 23.7 Å². The van der Waals surface area contributed by atoms with Crippen molar-refractivity contribution in [2.24, 2.45) is 11.7 Å². The maximum atomic E-state index is 11.2. The number of anilines is 2. The van der Waals surface area contributed by atoms with Crippen LogP contribution < -0.4 is 16.4 Å². The average molecular weight is 233 g/mol. The van der Waals surface area contributed by atoms with E-state index in [9.17, 15) is 4.79 Å². The van der Waals surface area contributed by atoms with Gasteiger partial charge in [0, 0.05) is 18.7 Å². The molecule has 17 heavy (non-hydrogen) atoms. The zero-order chi connectivity index (χ0) is 12.4. The molecule has 1 aliphatic heterocycles. The standard InChI is InChI=1S/C13H19N3O/c1-2-9-5-6-16(8-9)12-7-10(13(15)17)3-4-11(12)14/h3-4,7,9H,2,5-6,8,14H2,1H3,(H2,15,17). The van der Waals surface area contributed by atoms with E-state index in [1.165, 1.54) is 12.8 Å². The number of nitrogens with two attached hydrogens (primary N) is 2. The van der Waals surface area contributed by atoms with Gasteiger partial charge in [0.1, 0.15) is 0 Å². The molecule has 1 aromatic carbocycles. The summed E-state index contributed by atoms with van der Waals surface area (Å²) >= 11 is 0. The minimum Gasteiger partial charge on any atom is -0.397 e. The fourth-order valence-electron chi connectivity index (χ4n) is 2.36. The van der Waals surface area contributed by atoms with Gasteiger partial charge in [0.2, 0.25) is 5.91 Å². The van der Waals surface area contributed by atoms with Gasteiger partial charge in [-0.2, -0.15) is 0 Å². The van der Waals surface area contributed by atoms with Gasteiger partial charge >= 0.3 is 0 Å². The minimum absolute atomic E-state index is 0.405. The van der Waals surface area contributed by atoms with Gasteiger partial charge in [0.05, 0.1) is 11.4 Å². The second-order valence-electron chi connectivity index (χ2n) is 4.65. The first-order valence-electron chi connectivity index (χ1n) is 6.06. The van der Waals surface area contributed by atoms with Crippen LogP contribution in [0.1, 0.15) is 30.1 Å². The van der Waals surface area contributed by atoms with Crippen LogP contribution >= 0.6 is 0 Å². The Labute approximate surface area is 102 Å². The average Bonchev–Trinajstić information content (AvgIpc) is 2.77. The summed E-state index contributed by atoms with van der Waals surface area (Å²) in [5.74, 6) is 0.323. The molecule has 1 amide bonds. The van der Waals surface area contributed by atoms with E-state index in [2.05, 4.69) is 11.8 Å². The van der Waals surface area contributed by atoms with Crippen molar-refractivity contribution in [3.05, 3.63) is 23.8 Å². The maximum Gasteiger partial charge on any atom is 0.248 e. The molecule has 4 nitrogen and oxygen atoms in total. The van der Waals surface area contributed by atoms with Crippen LogP contribution in [0.4, 0.5) is 11.4 Å². The van der Waals surface area contributed by atoms with Gasteiger partial charge in [-0.1, -0.05) is 13.3 Å². The van der Waals surface area contributed by atoms with Gasteiger partial charge < -0.3 is 16.4 Å². The summed E-state index contributed by atoms with van der Waals surface area (Å²) in [5, 5.41) is 0. The highest BCUT2D eigenvalue weighted by Gasteiger charge is 2.22. The van der Waals surface area contributed by atoms with E-state index in [1.54, 1.807) is 18.2 Å². The van der Waals surface area contributed by atoms with Gasteiger partial charge in [-0.25, -0.2) is 0 Å². The summed E-state index contributed by atoms with van der Waals surface area (Å²) in [7, 11) is 0. The number of carbonyl (C=O) groups excluding carboxylic acids is 1. The molecule has 0 aromatic heterocycles. The Morgan fingerprint density at radius 1 is 1.53 bits per heavy atom. The Bertz CT molecular complexity index is 431. The van der Waals surface area contributed by atoms with E-state index in [0.29, 0.717) is 11.3 Å². The van der Waals surface area contributed by atoms with Gasteiger partial charge in [-0.05, 0) is 30.5 Å². The molecule has 92 valence electrons. The number of nitrogen functional groups attached to an aromatic ring is 1. The number of amides is 1. The quantitative estimate of drug-likeness (QED) is 0.779. The first kappa shape index (κ1) is 11.8. The summed E-state index contributed by atoms with van der Waals surface area (Å²) < 4.78 is 0. The zero-order valence-electron chi connectivity index (χ0n) is 10.1. The monoisotopic (exact) mass is 233 g/mol. The van der Waals surface area contributed by atoms with Crippen molar-refractivity contribution >= 4 is 17.3 Å². The Morgan fingerprint density at radius 2 is 2.29 bits per heavy atom. The van der Waals surface area contributed by atoms with Crippen LogP contribution in [-0.4, -0.2) is 19.0 Å². The number of hydrogen-bond donors (Lipinski definition) is 2. The molecule has 0 saturated carbocycles. The van der Waals surface area contributed by atoms with Crippen LogP contribution in [0.2, 0.25) is 0 Å². The first-order valence-corrected chi connectivity index (χ1v) is 6.06. The van der Waals surface area contributed by atoms with Crippen molar-refractivity contribution in [1.29, 1.82) is 0 Å². The Balaban J connectivity index is 2.25. The van der Waals surface area contributed by atoms with Crippen LogP contribution in [0.15, 0.2) is 18.2 Å². The summed E-state index contributed by atoms with van der Waals surface area (Å²) in [4.78, 5) is 13.4. The van der Waals surface area contributed by atoms with E-state index in [0.717, 1.165) is 24.7 Å². The van der Waals surface area contributed by atoms with Crippen LogP contribution in [0.25, 0.3) is 0 Å². The molecule has 1 saturated heterocycles. The van der Waals surface area contributed by atoms with Crippen molar-refractivity contribution in [1.82, 2.24) is 0 Å². The number of carbonyl (C=O) groups is 1. The lowest BCUT2D eigenvalue weighted by molar-refractivity contribution is 0.100. The van der Waals surface area contributed by atoms with Gasteiger partial charge in [0.15, 0.2) is 0 Å². The molecule has 1 heterocycles. The molecular formula is C13H19N3O. The van der Waals surface area contributed by atoms with E-state index in [-0.39, 0.29) is 0 Å². The van der Waals surface area contributed by atoms with E-state index in [4.69, 9.17) is 11.5 Å². The minimum atomic E-state index is -0.405.